The highest BCUT2D eigenvalue weighted by Crippen LogP contribution is 2.29. The number of aryl methyl sites for hydroxylation is 1. The smallest absolute Gasteiger partial charge is 0.274 e. The van der Waals surface area contributed by atoms with E-state index < -0.39 is 11.8 Å². The van der Waals surface area contributed by atoms with Crippen LogP contribution in [0.2, 0.25) is 15.1 Å². The normalized spacial score (nSPS) is 10.8. The first-order valence-corrected chi connectivity index (χ1v) is 13.5. The zero-order valence-corrected chi connectivity index (χ0v) is 24.3. The second-order valence-corrected chi connectivity index (χ2v) is 10.2. The third-order valence-electron chi connectivity index (χ3n) is 6.15. The van der Waals surface area contributed by atoms with Gasteiger partial charge in [-0.05, 0) is 61.0 Å². The summed E-state index contributed by atoms with van der Waals surface area (Å²) in [7, 11) is 1.46. The number of nitrogens with one attached hydrogen (secondary N) is 2. The average Bonchev–Trinajstić information content (AvgIpc) is 3.61. The number of amides is 2. The number of halogens is 3. The van der Waals surface area contributed by atoms with Crippen LogP contribution in [0.4, 0.5) is 5.69 Å². The van der Waals surface area contributed by atoms with Gasteiger partial charge in [0, 0.05) is 23.8 Å². The molecule has 42 heavy (non-hydrogen) atoms. The van der Waals surface area contributed by atoms with Gasteiger partial charge in [-0.3, -0.25) is 9.59 Å². The molecule has 0 aliphatic heterocycles. The summed E-state index contributed by atoms with van der Waals surface area (Å²) in [5, 5.41) is 29.3. The first kappa shape index (κ1) is 28.8. The summed E-state index contributed by atoms with van der Waals surface area (Å²) >= 11 is 18.8. The van der Waals surface area contributed by atoms with E-state index in [2.05, 4.69) is 30.9 Å². The van der Waals surface area contributed by atoms with Gasteiger partial charge in [0.05, 0.1) is 44.8 Å². The van der Waals surface area contributed by atoms with Crippen LogP contribution < -0.4 is 10.6 Å². The van der Waals surface area contributed by atoms with Crippen LogP contribution in [0.1, 0.15) is 37.7 Å². The predicted molar refractivity (Wildman–Crippen MR) is 158 cm³/mol. The highest BCUT2D eigenvalue weighted by atomic mass is 35.5. The molecule has 5 rings (SSSR count). The number of nitriles is 1. The van der Waals surface area contributed by atoms with Crippen molar-refractivity contribution in [2.45, 2.75) is 13.5 Å². The fourth-order valence-electron chi connectivity index (χ4n) is 4.21. The van der Waals surface area contributed by atoms with E-state index in [-0.39, 0.29) is 39.9 Å². The molecule has 0 fully saturated rings. The lowest BCUT2D eigenvalue weighted by atomic mass is 10.0. The third-order valence-corrected chi connectivity index (χ3v) is 7.00. The number of benzene rings is 2. The van der Waals surface area contributed by atoms with E-state index in [1.165, 1.54) is 28.8 Å². The lowest BCUT2D eigenvalue weighted by Crippen LogP contribution is -2.24. The van der Waals surface area contributed by atoms with Crippen LogP contribution in [0.3, 0.4) is 0 Å². The van der Waals surface area contributed by atoms with E-state index >= 15 is 0 Å². The van der Waals surface area contributed by atoms with Crippen molar-refractivity contribution in [2.75, 3.05) is 12.4 Å². The highest BCUT2D eigenvalue weighted by Gasteiger charge is 2.23. The van der Waals surface area contributed by atoms with Gasteiger partial charge in [0.2, 0.25) is 0 Å². The Hall–Kier alpha value is -4.76. The molecule has 0 atom stereocenters. The quantitative estimate of drug-likeness (QED) is 0.250. The van der Waals surface area contributed by atoms with Crippen LogP contribution >= 0.6 is 34.8 Å². The van der Waals surface area contributed by atoms with Gasteiger partial charge in [0.25, 0.3) is 11.8 Å². The number of nitrogens with zero attached hydrogens (tertiary/aromatic N) is 7. The minimum absolute atomic E-state index is 0.0883. The van der Waals surface area contributed by atoms with E-state index in [0.717, 1.165) is 0 Å². The first-order valence-electron chi connectivity index (χ1n) is 12.3. The molecule has 210 valence electrons. The average molecular weight is 621 g/mol. The summed E-state index contributed by atoms with van der Waals surface area (Å²) in [5.74, 6) is -0.829. The van der Waals surface area contributed by atoms with Crippen molar-refractivity contribution in [1.29, 1.82) is 5.26 Å². The molecule has 0 unspecified atom stereocenters. The lowest BCUT2D eigenvalue weighted by molar-refractivity contribution is 0.0964. The second kappa shape index (κ2) is 12.0. The summed E-state index contributed by atoms with van der Waals surface area (Å²) in [6.45, 7) is 1.79. The number of hydrogen-bond acceptors (Lipinski definition) is 7. The second-order valence-electron chi connectivity index (χ2n) is 8.99. The Labute approximate surface area is 254 Å². The van der Waals surface area contributed by atoms with Crippen molar-refractivity contribution in [3.05, 3.63) is 104 Å². The molecule has 0 spiro atoms. The van der Waals surface area contributed by atoms with E-state index in [9.17, 15) is 14.9 Å². The van der Waals surface area contributed by atoms with Gasteiger partial charge in [-0.15, -0.1) is 0 Å². The van der Waals surface area contributed by atoms with Gasteiger partial charge in [-0.25, -0.2) is 9.67 Å². The van der Waals surface area contributed by atoms with Crippen LogP contribution in [0, 0.1) is 18.3 Å². The van der Waals surface area contributed by atoms with Gasteiger partial charge in [-0.1, -0.05) is 34.8 Å². The summed E-state index contributed by atoms with van der Waals surface area (Å²) in [5.41, 5.74) is 2.89. The summed E-state index contributed by atoms with van der Waals surface area (Å²) in [6, 6.07) is 14.9. The number of carbonyl (C=O) groups is 2. The zero-order valence-electron chi connectivity index (χ0n) is 22.1. The molecule has 2 aromatic carbocycles. The fraction of sp³-hybridized carbons (Fsp3) is 0.107. The van der Waals surface area contributed by atoms with Crippen LogP contribution in [0.25, 0.3) is 17.1 Å². The van der Waals surface area contributed by atoms with Crippen molar-refractivity contribution < 1.29 is 9.59 Å². The van der Waals surface area contributed by atoms with E-state index in [1.54, 1.807) is 55.6 Å². The Morgan fingerprint density at radius 3 is 2.55 bits per heavy atom. The van der Waals surface area contributed by atoms with Crippen molar-refractivity contribution >= 4 is 52.3 Å². The monoisotopic (exact) mass is 619 g/mol. The van der Waals surface area contributed by atoms with Crippen LogP contribution in [0.15, 0.2) is 60.9 Å². The van der Waals surface area contributed by atoms with Gasteiger partial charge < -0.3 is 10.6 Å². The Balaban J connectivity index is 1.52. The van der Waals surface area contributed by atoms with Crippen molar-refractivity contribution in [1.82, 2.24) is 35.1 Å². The molecule has 3 aromatic heterocycles. The van der Waals surface area contributed by atoms with Crippen molar-refractivity contribution in [3.8, 4) is 23.1 Å². The van der Waals surface area contributed by atoms with E-state index in [0.29, 0.717) is 32.6 Å². The molecule has 0 aliphatic carbocycles. The standard InChI is InChI=1S/C28H20Cl3N9O2/c1-15-8-16(12-32)9-20(27(41)33-2)25(15)36-28(42)24-11-18(37-40(24)26-21(30)4-3-7-34-26)14-39-35-13-23(38-39)19-6-5-17(29)10-22(19)31/h3-11,13H,14H2,1-2H3,(H,33,41)(H,36,42). The van der Waals surface area contributed by atoms with Gasteiger partial charge in [-0.2, -0.15) is 25.4 Å². The summed E-state index contributed by atoms with van der Waals surface area (Å²) < 4.78 is 1.31. The molecule has 0 bridgehead atoms. The number of pyridine rings is 1. The van der Waals surface area contributed by atoms with Gasteiger partial charge in [0.1, 0.15) is 17.9 Å². The molecule has 0 radical (unpaired) electrons. The van der Waals surface area contributed by atoms with Gasteiger partial charge in [0.15, 0.2) is 5.82 Å². The molecular weight excluding hydrogens is 601 g/mol. The zero-order chi connectivity index (χ0) is 30.0. The molecule has 14 heteroatoms. The topological polar surface area (TPSA) is 143 Å². The maximum Gasteiger partial charge on any atom is 0.274 e. The fourth-order valence-corrected chi connectivity index (χ4v) is 4.92. The minimum atomic E-state index is -0.588. The predicted octanol–water partition coefficient (Wildman–Crippen LogP) is 5.33. The Morgan fingerprint density at radius 1 is 1.02 bits per heavy atom. The Kier molecular flexibility index (Phi) is 8.22. The summed E-state index contributed by atoms with van der Waals surface area (Å²) in [6.07, 6.45) is 3.08. The van der Waals surface area contributed by atoms with E-state index in [4.69, 9.17) is 34.8 Å². The molecule has 2 amide bonds. The number of hydrogen-bond donors (Lipinski definition) is 2. The molecule has 11 nitrogen and oxygen atoms in total. The molecule has 2 N–H and O–H groups in total. The van der Waals surface area contributed by atoms with Gasteiger partial charge >= 0.3 is 0 Å². The third kappa shape index (κ3) is 5.82. The van der Waals surface area contributed by atoms with E-state index in [1.807, 2.05) is 6.07 Å². The van der Waals surface area contributed by atoms with Crippen LogP contribution in [-0.2, 0) is 6.54 Å². The van der Waals surface area contributed by atoms with Crippen molar-refractivity contribution in [2.24, 2.45) is 0 Å². The minimum Gasteiger partial charge on any atom is -0.355 e. The van der Waals surface area contributed by atoms with Crippen molar-refractivity contribution in [3.63, 3.8) is 0 Å². The van der Waals surface area contributed by atoms with Crippen LogP contribution in [0.5, 0.6) is 0 Å². The molecule has 3 heterocycles. The number of carbonyl (C=O) groups excluding carboxylic acids is 2. The SMILES string of the molecule is CNC(=O)c1cc(C#N)cc(C)c1NC(=O)c1cc(Cn2ncc(-c3ccc(Cl)cc3Cl)n2)nn1-c1ncccc1Cl. The molecule has 0 aliphatic rings. The molecular formula is C28H20Cl3N9O2. The molecule has 0 saturated carbocycles. The molecule has 5 aromatic rings. The Bertz CT molecular complexity index is 1890. The molecule has 0 saturated heterocycles. The first-order chi connectivity index (χ1) is 20.2. The number of aromatic nitrogens is 6. The maximum absolute atomic E-state index is 13.7. The van der Waals surface area contributed by atoms with Crippen LogP contribution in [-0.4, -0.2) is 48.6 Å². The Morgan fingerprint density at radius 2 is 1.83 bits per heavy atom. The highest BCUT2D eigenvalue weighted by molar-refractivity contribution is 6.36. The maximum atomic E-state index is 13.7. The largest absolute Gasteiger partial charge is 0.355 e. The number of rotatable bonds is 7. The number of anilines is 1. The summed E-state index contributed by atoms with van der Waals surface area (Å²) in [4.78, 5) is 32.0. The lowest BCUT2D eigenvalue weighted by Gasteiger charge is -2.14.